The van der Waals surface area contributed by atoms with Gasteiger partial charge in [-0.1, -0.05) is 50.5 Å². The van der Waals surface area contributed by atoms with E-state index in [4.69, 9.17) is 0 Å². The lowest BCUT2D eigenvalue weighted by Crippen LogP contribution is -2.39. The topological polar surface area (TPSA) is 41.1 Å². The van der Waals surface area contributed by atoms with Crippen LogP contribution in [0.15, 0.2) is 24.3 Å². The highest BCUT2D eigenvalue weighted by molar-refractivity contribution is 5.74. The summed E-state index contributed by atoms with van der Waals surface area (Å²) < 4.78 is 0. The van der Waals surface area contributed by atoms with Crippen LogP contribution < -0.4 is 10.6 Å². The third-order valence-electron chi connectivity index (χ3n) is 3.99. The van der Waals surface area contributed by atoms with Crippen LogP contribution in [-0.2, 0) is 6.42 Å². The molecule has 0 bridgehead atoms. The van der Waals surface area contributed by atoms with Gasteiger partial charge in [0.1, 0.15) is 0 Å². The van der Waals surface area contributed by atoms with E-state index in [1.807, 2.05) is 0 Å². The number of carbonyl (C=O) groups is 1. The molecule has 0 radical (unpaired) electrons. The SMILES string of the molecule is CCCCCCNC(=O)NC1CCCc2ccccc21. The van der Waals surface area contributed by atoms with Gasteiger partial charge in [0.25, 0.3) is 0 Å². The monoisotopic (exact) mass is 274 g/mol. The molecule has 0 saturated heterocycles. The Morgan fingerprint density at radius 1 is 1.25 bits per heavy atom. The lowest BCUT2D eigenvalue weighted by atomic mass is 9.88. The van der Waals surface area contributed by atoms with Crippen molar-refractivity contribution >= 4 is 6.03 Å². The molecule has 2 N–H and O–H groups in total. The number of unbranched alkanes of at least 4 members (excludes halogenated alkanes) is 3. The van der Waals surface area contributed by atoms with Gasteiger partial charge in [0, 0.05) is 6.54 Å². The standard InChI is InChI=1S/C17H26N2O/c1-2-3-4-7-13-18-17(20)19-16-12-8-10-14-9-5-6-11-15(14)16/h5-6,9,11,16H,2-4,7-8,10,12-13H2,1H3,(H2,18,19,20). The van der Waals surface area contributed by atoms with Gasteiger partial charge in [-0.2, -0.15) is 0 Å². The number of rotatable bonds is 6. The fourth-order valence-electron chi connectivity index (χ4n) is 2.87. The summed E-state index contributed by atoms with van der Waals surface area (Å²) in [5.74, 6) is 0. The average Bonchev–Trinajstić information content (AvgIpc) is 2.47. The first-order chi connectivity index (χ1) is 9.81. The molecule has 0 heterocycles. The van der Waals surface area contributed by atoms with E-state index in [0.717, 1.165) is 32.2 Å². The molecule has 0 aliphatic heterocycles. The van der Waals surface area contributed by atoms with E-state index in [1.54, 1.807) is 0 Å². The van der Waals surface area contributed by atoms with Crippen LogP contribution in [0.1, 0.15) is 62.6 Å². The predicted molar refractivity (Wildman–Crippen MR) is 82.8 cm³/mol. The number of hydrogen-bond donors (Lipinski definition) is 2. The van der Waals surface area contributed by atoms with Gasteiger partial charge in [-0.15, -0.1) is 0 Å². The maximum absolute atomic E-state index is 11.9. The number of urea groups is 1. The molecular formula is C17H26N2O. The van der Waals surface area contributed by atoms with Crippen molar-refractivity contribution in [1.82, 2.24) is 10.6 Å². The van der Waals surface area contributed by atoms with Gasteiger partial charge in [0.2, 0.25) is 0 Å². The second kappa shape index (κ2) is 7.93. The zero-order valence-electron chi connectivity index (χ0n) is 12.5. The van der Waals surface area contributed by atoms with Crippen molar-refractivity contribution in [3.05, 3.63) is 35.4 Å². The summed E-state index contributed by atoms with van der Waals surface area (Å²) >= 11 is 0. The maximum atomic E-state index is 11.9. The van der Waals surface area contributed by atoms with Gasteiger partial charge in [0.15, 0.2) is 0 Å². The van der Waals surface area contributed by atoms with Gasteiger partial charge in [-0.05, 0) is 36.8 Å². The van der Waals surface area contributed by atoms with E-state index < -0.39 is 0 Å². The lowest BCUT2D eigenvalue weighted by molar-refractivity contribution is 0.235. The Labute approximate surface area is 122 Å². The van der Waals surface area contributed by atoms with Crippen molar-refractivity contribution in [2.75, 3.05) is 6.54 Å². The maximum Gasteiger partial charge on any atom is 0.315 e. The quantitative estimate of drug-likeness (QED) is 0.758. The van der Waals surface area contributed by atoms with Crippen LogP contribution >= 0.6 is 0 Å². The number of fused-ring (bicyclic) bond motifs is 1. The van der Waals surface area contributed by atoms with Crippen LogP contribution in [0.5, 0.6) is 0 Å². The van der Waals surface area contributed by atoms with Gasteiger partial charge < -0.3 is 10.6 Å². The Morgan fingerprint density at radius 3 is 2.95 bits per heavy atom. The Bertz CT molecular complexity index is 431. The smallest absolute Gasteiger partial charge is 0.315 e. The number of benzene rings is 1. The molecule has 1 aliphatic rings. The summed E-state index contributed by atoms with van der Waals surface area (Å²) in [5, 5.41) is 6.09. The summed E-state index contributed by atoms with van der Waals surface area (Å²) in [6, 6.07) is 8.60. The van der Waals surface area contributed by atoms with E-state index >= 15 is 0 Å². The highest BCUT2D eigenvalue weighted by atomic mass is 16.2. The molecule has 0 spiro atoms. The molecule has 1 unspecified atom stereocenters. The molecule has 1 aromatic rings. The number of nitrogens with one attached hydrogen (secondary N) is 2. The largest absolute Gasteiger partial charge is 0.338 e. The molecule has 0 saturated carbocycles. The van der Waals surface area contributed by atoms with Crippen LogP contribution in [0.3, 0.4) is 0 Å². The van der Waals surface area contributed by atoms with Crippen LogP contribution in [0.2, 0.25) is 0 Å². The molecule has 3 nitrogen and oxygen atoms in total. The van der Waals surface area contributed by atoms with Crippen LogP contribution in [0.25, 0.3) is 0 Å². The van der Waals surface area contributed by atoms with Crippen LogP contribution in [-0.4, -0.2) is 12.6 Å². The van der Waals surface area contributed by atoms with E-state index in [0.29, 0.717) is 0 Å². The summed E-state index contributed by atoms with van der Waals surface area (Å²) in [6.07, 6.45) is 8.07. The minimum atomic E-state index is -0.0248. The first-order valence-corrected chi connectivity index (χ1v) is 7.93. The molecule has 1 aliphatic carbocycles. The van der Waals surface area contributed by atoms with Crippen LogP contribution in [0.4, 0.5) is 4.79 Å². The van der Waals surface area contributed by atoms with Crippen molar-refractivity contribution in [3.63, 3.8) is 0 Å². The zero-order valence-corrected chi connectivity index (χ0v) is 12.5. The fraction of sp³-hybridized carbons (Fsp3) is 0.588. The first kappa shape index (κ1) is 14.9. The molecule has 3 heteroatoms. The Hall–Kier alpha value is -1.51. The van der Waals surface area contributed by atoms with Crippen molar-refractivity contribution in [3.8, 4) is 0 Å². The van der Waals surface area contributed by atoms with Crippen LogP contribution in [0, 0.1) is 0 Å². The molecule has 0 aromatic heterocycles. The normalized spacial score (nSPS) is 17.4. The van der Waals surface area contributed by atoms with Crippen molar-refractivity contribution in [2.24, 2.45) is 0 Å². The number of amides is 2. The Balaban J connectivity index is 1.78. The zero-order chi connectivity index (χ0) is 14.2. The van der Waals surface area contributed by atoms with Gasteiger partial charge in [-0.3, -0.25) is 0 Å². The molecule has 0 fully saturated rings. The van der Waals surface area contributed by atoms with E-state index in [-0.39, 0.29) is 12.1 Å². The summed E-state index contributed by atoms with van der Waals surface area (Å²) in [5.41, 5.74) is 2.67. The molecule has 110 valence electrons. The molecule has 20 heavy (non-hydrogen) atoms. The molecule has 1 atom stereocenters. The fourth-order valence-corrected chi connectivity index (χ4v) is 2.87. The average molecular weight is 274 g/mol. The summed E-state index contributed by atoms with van der Waals surface area (Å²) in [4.78, 5) is 11.9. The molecule has 2 rings (SSSR count). The van der Waals surface area contributed by atoms with Gasteiger partial charge >= 0.3 is 6.03 Å². The number of carbonyl (C=O) groups excluding carboxylic acids is 1. The highest BCUT2D eigenvalue weighted by Crippen LogP contribution is 2.29. The minimum Gasteiger partial charge on any atom is -0.338 e. The van der Waals surface area contributed by atoms with Crippen molar-refractivity contribution in [2.45, 2.75) is 57.9 Å². The van der Waals surface area contributed by atoms with Crippen molar-refractivity contribution < 1.29 is 4.79 Å². The minimum absolute atomic E-state index is 0.0248. The molecule has 1 aromatic carbocycles. The van der Waals surface area contributed by atoms with E-state index in [1.165, 1.54) is 30.4 Å². The number of aryl methyl sites for hydroxylation is 1. The van der Waals surface area contributed by atoms with Crippen molar-refractivity contribution in [1.29, 1.82) is 0 Å². The first-order valence-electron chi connectivity index (χ1n) is 7.93. The van der Waals surface area contributed by atoms with E-state index in [2.05, 4.69) is 41.8 Å². The predicted octanol–water partition coefficient (Wildman–Crippen LogP) is 3.94. The summed E-state index contributed by atoms with van der Waals surface area (Å²) in [6.45, 7) is 2.97. The molecular weight excluding hydrogens is 248 g/mol. The second-order valence-corrected chi connectivity index (χ2v) is 5.60. The number of hydrogen-bond acceptors (Lipinski definition) is 1. The second-order valence-electron chi connectivity index (χ2n) is 5.60. The van der Waals surface area contributed by atoms with Gasteiger partial charge in [-0.25, -0.2) is 4.79 Å². The lowest BCUT2D eigenvalue weighted by Gasteiger charge is -2.26. The summed E-state index contributed by atoms with van der Waals surface area (Å²) in [7, 11) is 0. The highest BCUT2D eigenvalue weighted by Gasteiger charge is 2.20. The Morgan fingerprint density at radius 2 is 2.10 bits per heavy atom. The molecule has 2 amide bonds. The van der Waals surface area contributed by atoms with Gasteiger partial charge in [0.05, 0.1) is 6.04 Å². The third kappa shape index (κ3) is 4.26. The third-order valence-corrected chi connectivity index (χ3v) is 3.99. The Kier molecular flexibility index (Phi) is 5.90. The van der Waals surface area contributed by atoms with E-state index in [9.17, 15) is 4.79 Å².